The van der Waals surface area contributed by atoms with Crippen molar-refractivity contribution >= 4 is 11.5 Å². The molecule has 1 amide bonds. The highest BCUT2D eigenvalue weighted by Gasteiger charge is 2.41. The van der Waals surface area contributed by atoms with Gasteiger partial charge in [0.2, 0.25) is 5.91 Å². The molecule has 1 fully saturated rings. The van der Waals surface area contributed by atoms with Gasteiger partial charge >= 0.3 is 0 Å². The molecule has 2 aromatic carbocycles. The van der Waals surface area contributed by atoms with Crippen molar-refractivity contribution in [1.29, 1.82) is 0 Å². The number of nitrogens with one attached hydrogen (secondary N) is 1. The van der Waals surface area contributed by atoms with Crippen molar-refractivity contribution in [1.82, 2.24) is 10.2 Å². The number of para-hydroxylation sites is 1. The molecule has 2 N–H and O–H groups in total. The SMILES string of the molecule is CN1C=C(c2cc(C(C)(C)O)ccc2Oc2ccccc2F)C2CCNC2C1=O. The number of fused-ring (bicyclic) bond motifs is 1. The van der Waals surface area contributed by atoms with Gasteiger partial charge in [-0.05, 0) is 62.2 Å². The summed E-state index contributed by atoms with van der Waals surface area (Å²) in [5, 5.41) is 13.8. The van der Waals surface area contributed by atoms with E-state index in [0.717, 1.165) is 29.7 Å². The van der Waals surface area contributed by atoms with Crippen molar-refractivity contribution in [3.63, 3.8) is 0 Å². The maximum atomic E-state index is 14.2. The summed E-state index contributed by atoms with van der Waals surface area (Å²) in [6.45, 7) is 4.18. The van der Waals surface area contributed by atoms with Crippen LogP contribution in [0.1, 0.15) is 31.4 Å². The Bertz CT molecular complexity index is 980. The van der Waals surface area contributed by atoms with Gasteiger partial charge < -0.3 is 20.1 Å². The van der Waals surface area contributed by atoms with E-state index in [2.05, 4.69) is 5.32 Å². The number of amides is 1. The molecule has 2 aliphatic heterocycles. The second kappa shape index (κ2) is 7.28. The maximum Gasteiger partial charge on any atom is 0.244 e. The first-order chi connectivity index (χ1) is 13.8. The zero-order valence-electron chi connectivity index (χ0n) is 16.8. The Balaban J connectivity index is 1.84. The number of rotatable bonds is 4. The fourth-order valence-electron chi connectivity index (χ4n) is 4.03. The number of halogens is 1. The minimum Gasteiger partial charge on any atom is -0.454 e. The minimum absolute atomic E-state index is 0.00118. The summed E-state index contributed by atoms with van der Waals surface area (Å²) in [6, 6.07) is 11.4. The van der Waals surface area contributed by atoms with Gasteiger partial charge in [0.1, 0.15) is 5.75 Å². The average molecular weight is 396 g/mol. The quantitative estimate of drug-likeness (QED) is 0.828. The van der Waals surface area contributed by atoms with E-state index in [0.29, 0.717) is 5.75 Å². The zero-order valence-corrected chi connectivity index (χ0v) is 16.8. The maximum absolute atomic E-state index is 14.2. The number of carbonyl (C=O) groups excluding carboxylic acids is 1. The lowest BCUT2D eigenvalue weighted by Crippen LogP contribution is -2.46. The molecule has 29 heavy (non-hydrogen) atoms. The lowest BCUT2D eigenvalue weighted by molar-refractivity contribution is -0.130. The van der Waals surface area contributed by atoms with Gasteiger partial charge in [0.15, 0.2) is 11.6 Å². The van der Waals surface area contributed by atoms with Crippen LogP contribution in [-0.4, -0.2) is 35.5 Å². The van der Waals surface area contributed by atoms with Crippen LogP contribution >= 0.6 is 0 Å². The summed E-state index contributed by atoms with van der Waals surface area (Å²) in [4.78, 5) is 14.1. The Hall–Kier alpha value is -2.70. The smallest absolute Gasteiger partial charge is 0.244 e. The third-order valence-corrected chi connectivity index (χ3v) is 5.62. The molecule has 0 spiro atoms. The topological polar surface area (TPSA) is 61.8 Å². The molecule has 2 heterocycles. The van der Waals surface area contributed by atoms with Gasteiger partial charge in [-0.2, -0.15) is 0 Å². The second-order valence-electron chi connectivity index (χ2n) is 8.16. The highest BCUT2D eigenvalue weighted by molar-refractivity contribution is 5.91. The lowest BCUT2D eigenvalue weighted by Gasteiger charge is -2.32. The Morgan fingerprint density at radius 3 is 2.69 bits per heavy atom. The van der Waals surface area contributed by atoms with E-state index in [1.807, 2.05) is 12.3 Å². The van der Waals surface area contributed by atoms with Gasteiger partial charge in [0.25, 0.3) is 0 Å². The highest BCUT2D eigenvalue weighted by Crippen LogP contribution is 2.42. The predicted molar refractivity (Wildman–Crippen MR) is 109 cm³/mol. The van der Waals surface area contributed by atoms with Crippen LogP contribution in [0.2, 0.25) is 0 Å². The van der Waals surface area contributed by atoms with E-state index in [1.54, 1.807) is 56.1 Å². The molecule has 6 heteroatoms. The van der Waals surface area contributed by atoms with E-state index in [-0.39, 0.29) is 23.6 Å². The molecule has 2 aliphatic rings. The Morgan fingerprint density at radius 2 is 1.97 bits per heavy atom. The fraction of sp³-hybridized carbons (Fsp3) is 0.348. The Kier molecular flexibility index (Phi) is 4.92. The zero-order chi connectivity index (χ0) is 20.8. The molecular weight excluding hydrogens is 371 g/mol. The van der Waals surface area contributed by atoms with Crippen molar-refractivity contribution in [2.75, 3.05) is 13.6 Å². The monoisotopic (exact) mass is 396 g/mol. The molecule has 0 bridgehead atoms. The average Bonchev–Trinajstić information content (AvgIpc) is 3.16. The molecule has 1 saturated heterocycles. The molecule has 2 atom stereocenters. The number of hydrogen-bond donors (Lipinski definition) is 2. The van der Waals surface area contributed by atoms with Gasteiger partial charge in [0.05, 0.1) is 11.6 Å². The molecule has 0 aliphatic carbocycles. The van der Waals surface area contributed by atoms with E-state index in [9.17, 15) is 14.3 Å². The van der Waals surface area contributed by atoms with E-state index in [4.69, 9.17) is 4.74 Å². The number of ether oxygens (including phenoxy) is 1. The largest absolute Gasteiger partial charge is 0.454 e. The number of aliphatic hydroxyl groups is 1. The van der Waals surface area contributed by atoms with E-state index < -0.39 is 11.4 Å². The molecule has 5 nitrogen and oxygen atoms in total. The lowest BCUT2D eigenvalue weighted by atomic mass is 9.82. The summed E-state index contributed by atoms with van der Waals surface area (Å²) in [7, 11) is 1.73. The van der Waals surface area contributed by atoms with Crippen LogP contribution < -0.4 is 10.1 Å². The van der Waals surface area contributed by atoms with Gasteiger partial charge in [-0.3, -0.25) is 4.79 Å². The number of carbonyl (C=O) groups is 1. The third-order valence-electron chi connectivity index (χ3n) is 5.62. The van der Waals surface area contributed by atoms with Gasteiger partial charge in [-0.25, -0.2) is 4.39 Å². The summed E-state index contributed by atoms with van der Waals surface area (Å²) in [5.74, 6) is 0.204. The van der Waals surface area contributed by atoms with Gasteiger partial charge in [0, 0.05) is 24.7 Å². The normalized spacial score (nSPS) is 21.8. The van der Waals surface area contributed by atoms with Crippen LogP contribution in [0.5, 0.6) is 11.5 Å². The van der Waals surface area contributed by atoms with Crippen LogP contribution in [0, 0.1) is 11.7 Å². The molecule has 152 valence electrons. The molecule has 0 aromatic heterocycles. The predicted octanol–water partition coefficient (Wildman–Crippen LogP) is 3.64. The van der Waals surface area contributed by atoms with Crippen LogP contribution in [0.4, 0.5) is 4.39 Å². The summed E-state index contributed by atoms with van der Waals surface area (Å²) < 4.78 is 20.2. The number of hydrogen-bond acceptors (Lipinski definition) is 4. The number of benzene rings is 2. The first-order valence-corrected chi connectivity index (χ1v) is 9.77. The molecular formula is C23H25FN2O3. The molecule has 0 saturated carbocycles. The molecule has 0 radical (unpaired) electrons. The van der Waals surface area contributed by atoms with Crippen molar-refractivity contribution < 1.29 is 19.0 Å². The van der Waals surface area contributed by atoms with Crippen LogP contribution in [-0.2, 0) is 10.4 Å². The molecule has 2 unspecified atom stereocenters. The van der Waals surface area contributed by atoms with Crippen LogP contribution in [0.15, 0.2) is 48.7 Å². The molecule has 4 rings (SSSR count). The minimum atomic E-state index is -1.05. The van der Waals surface area contributed by atoms with Crippen LogP contribution in [0.25, 0.3) is 5.57 Å². The Labute approximate surface area is 169 Å². The van der Waals surface area contributed by atoms with Crippen molar-refractivity contribution in [3.8, 4) is 11.5 Å². The summed E-state index contributed by atoms with van der Waals surface area (Å²) >= 11 is 0. The van der Waals surface area contributed by atoms with Crippen LogP contribution in [0.3, 0.4) is 0 Å². The molecule has 2 aromatic rings. The van der Waals surface area contributed by atoms with Gasteiger partial charge in [-0.1, -0.05) is 18.2 Å². The first kappa shape index (κ1) is 19.6. The standard InChI is InChI=1S/C23H25FN2O3/c1-23(2,28)14-8-9-19(29-20-7-5-4-6-18(20)24)16(12-14)17-13-26(3)22(27)21-15(17)10-11-25-21/h4-9,12-13,15,21,25,28H,10-11H2,1-3H3. The Morgan fingerprint density at radius 1 is 1.21 bits per heavy atom. The van der Waals surface area contributed by atoms with Crippen molar-refractivity contribution in [2.24, 2.45) is 5.92 Å². The van der Waals surface area contributed by atoms with E-state index >= 15 is 0 Å². The summed E-state index contributed by atoms with van der Waals surface area (Å²) in [5.41, 5.74) is 1.37. The van der Waals surface area contributed by atoms with Crippen molar-refractivity contribution in [3.05, 3.63) is 65.6 Å². The van der Waals surface area contributed by atoms with E-state index in [1.165, 1.54) is 6.07 Å². The summed E-state index contributed by atoms with van der Waals surface area (Å²) in [6.07, 6.45) is 2.65. The number of likely N-dealkylation sites (N-methyl/N-ethyl adjacent to an activating group) is 1. The number of nitrogens with zero attached hydrogens (tertiary/aromatic N) is 1. The van der Waals surface area contributed by atoms with Crippen molar-refractivity contribution in [2.45, 2.75) is 31.9 Å². The third kappa shape index (κ3) is 3.66. The van der Waals surface area contributed by atoms with Gasteiger partial charge in [-0.15, -0.1) is 0 Å². The first-order valence-electron chi connectivity index (χ1n) is 9.77. The highest BCUT2D eigenvalue weighted by atomic mass is 19.1. The second-order valence-corrected chi connectivity index (χ2v) is 8.16. The fourth-order valence-corrected chi connectivity index (χ4v) is 4.03.